The molecule has 0 aliphatic carbocycles. The molecule has 116 valence electrons. The van der Waals surface area contributed by atoms with Gasteiger partial charge in [0, 0.05) is 13.1 Å². The fraction of sp³-hybridized carbons (Fsp3) is 0.462. The summed E-state index contributed by atoms with van der Waals surface area (Å²) in [6.45, 7) is 2.14. The third-order valence-electron chi connectivity index (χ3n) is 3.44. The van der Waals surface area contributed by atoms with Gasteiger partial charge >= 0.3 is 16.2 Å². The van der Waals surface area contributed by atoms with Gasteiger partial charge in [-0.1, -0.05) is 17.7 Å². The van der Waals surface area contributed by atoms with Crippen molar-refractivity contribution >= 4 is 33.5 Å². The number of carboxylic acid groups (broad SMARTS) is 1. The summed E-state index contributed by atoms with van der Waals surface area (Å²) in [5, 5.41) is 9.33. The second-order valence-electron chi connectivity index (χ2n) is 5.13. The second-order valence-corrected chi connectivity index (χ2v) is 7.20. The zero-order valence-electron chi connectivity index (χ0n) is 11.5. The first kappa shape index (κ1) is 16.1. The summed E-state index contributed by atoms with van der Waals surface area (Å²) < 4.78 is 28.2. The Balaban J connectivity index is 2.16. The summed E-state index contributed by atoms with van der Waals surface area (Å²) in [6, 6.07) is 5.00. The van der Waals surface area contributed by atoms with Gasteiger partial charge in [0.25, 0.3) is 0 Å². The van der Waals surface area contributed by atoms with Crippen LogP contribution in [0.25, 0.3) is 0 Å². The van der Waals surface area contributed by atoms with Crippen molar-refractivity contribution in [3.63, 3.8) is 0 Å². The predicted octanol–water partition coefficient (Wildman–Crippen LogP) is 2.10. The maximum atomic E-state index is 12.3. The van der Waals surface area contributed by atoms with Crippen LogP contribution in [0.3, 0.4) is 0 Å². The first-order valence-electron chi connectivity index (χ1n) is 6.56. The van der Waals surface area contributed by atoms with E-state index in [0.29, 0.717) is 30.1 Å². The monoisotopic (exact) mass is 332 g/mol. The highest BCUT2D eigenvalue weighted by atomic mass is 35.5. The highest BCUT2D eigenvalue weighted by Crippen LogP contribution is 2.26. The topological polar surface area (TPSA) is 86.7 Å². The fourth-order valence-corrected chi connectivity index (χ4v) is 3.94. The van der Waals surface area contributed by atoms with E-state index in [2.05, 4.69) is 4.72 Å². The molecule has 1 atom stereocenters. The van der Waals surface area contributed by atoms with E-state index < -0.39 is 22.1 Å². The molecule has 2 N–H and O–H groups in total. The Bertz CT molecular complexity index is 648. The van der Waals surface area contributed by atoms with Gasteiger partial charge in [0.1, 0.15) is 0 Å². The molecule has 0 spiro atoms. The summed E-state index contributed by atoms with van der Waals surface area (Å²) in [4.78, 5) is 11.0. The molecule has 1 aliphatic heterocycles. The van der Waals surface area contributed by atoms with Crippen molar-refractivity contribution in [1.29, 1.82) is 0 Å². The molecule has 2 rings (SSSR count). The van der Waals surface area contributed by atoms with E-state index in [0.717, 1.165) is 9.87 Å². The standard InChI is InChI=1S/C13H17ClN2O4S/c1-9-4-5-12(11(14)7-9)15-21(19,20)16-6-2-3-10(8-16)13(17)18/h4-5,7,10,15H,2-3,6,8H2,1H3,(H,17,18). The maximum Gasteiger partial charge on any atom is 0.307 e. The molecule has 8 heteroatoms. The van der Waals surface area contributed by atoms with Crippen LogP contribution >= 0.6 is 11.6 Å². The van der Waals surface area contributed by atoms with E-state index in [-0.39, 0.29) is 6.54 Å². The van der Waals surface area contributed by atoms with Crippen LogP contribution in [0, 0.1) is 12.8 Å². The Morgan fingerprint density at radius 2 is 2.19 bits per heavy atom. The van der Waals surface area contributed by atoms with Crippen LogP contribution < -0.4 is 4.72 Å². The first-order chi connectivity index (χ1) is 9.79. The van der Waals surface area contributed by atoms with Crippen molar-refractivity contribution in [3.8, 4) is 0 Å². The summed E-state index contributed by atoms with van der Waals surface area (Å²) in [5.74, 6) is -1.63. The van der Waals surface area contributed by atoms with Gasteiger partial charge in [-0.2, -0.15) is 12.7 Å². The van der Waals surface area contributed by atoms with Crippen LogP contribution in [-0.2, 0) is 15.0 Å². The van der Waals surface area contributed by atoms with Gasteiger partial charge < -0.3 is 5.11 Å². The summed E-state index contributed by atoms with van der Waals surface area (Å²) in [5.41, 5.74) is 1.21. The number of carbonyl (C=O) groups is 1. The van der Waals surface area contributed by atoms with Gasteiger partial charge in [-0.05, 0) is 37.5 Å². The number of nitrogens with one attached hydrogen (secondary N) is 1. The van der Waals surface area contributed by atoms with Crippen LogP contribution in [-0.4, -0.2) is 36.9 Å². The van der Waals surface area contributed by atoms with Gasteiger partial charge in [-0.25, -0.2) is 0 Å². The van der Waals surface area contributed by atoms with Gasteiger partial charge in [-0.15, -0.1) is 0 Å². The first-order valence-corrected chi connectivity index (χ1v) is 8.38. The molecule has 0 radical (unpaired) electrons. The average molecular weight is 333 g/mol. The van der Waals surface area contributed by atoms with Crippen molar-refractivity contribution < 1.29 is 18.3 Å². The Kier molecular flexibility index (Phi) is 4.75. The lowest BCUT2D eigenvalue weighted by Gasteiger charge is -2.30. The van der Waals surface area contributed by atoms with E-state index >= 15 is 0 Å². The Morgan fingerprint density at radius 3 is 2.81 bits per heavy atom. The molecule has 1 heterocycles. The number of rotatable bonds is 4. The largest absolute Gasteiger partial charge is 0.481 e. The minimum Gasteiger partial charge on any atom is -0.481 e. The number of hydrogen-bond donors (Lipinski definition) is 2. The highest BCUT2D eigenvalue weighted by molar-refractivity contribution is 7.90. The van der Waals surface area contributed by atoms with Crippen LogP contribution in [0.2, 0.25) is 5.02 Å². The van der Waals surface area contributed by atoms with E-state index in [4.69, 9.17) is 16.7 Å². The summed E-state index contributed by atoms with van der Waals surface area (Å²) in [7, 11) is -3.80. The van der Waals surface area contributed by atoms with Crippen LogP contribution in [0.5, 0.6) is 0 Å². The molecule has 1 aromatic carbocycles. The number of carboxylic acids is 1. The van der Waals surface area contributed by atoms with Crippen molar-refractivity contribution in [2.75, 3.05) is 17.8 Å². The minimum atomic E-state index is -3.80. The third-order valence-corrected chi connectivity index (χ3v) is 5.24. The van der Waals surface area contributed by atoms with E-state index in [9.17, 15) is 13.2 Å². The highest BCUT2D eigenvalue weighted by Gasteiger charge is 2.32. The molecule has 1 saturated heterocycles. The number of halogens is 1. The van der Waals surface area contributed by atoms with Crippen LogP contribution in [0.1, 0.15) is 18.4 Å². The second kappa shape index (κ2) is 6.21. The number of benzene rings is 1. The molecule has 0 aromatic heterocycles. The number of anilines is 1. The van der Waals surface area contributed by atoms with Crippen molar-refractivity contribution in [2.45, 2.75) is 19.8 Å². The van der Waals surface area contributed by atoms with Gasteiger partial charge in [0.15, 0.2) is 0 Å². The van der Waals surface area contributed by atoms with E-state index in [1.165, 1.54) is 0 Å². The van der Waals surface area contributed by atoms with Crippen molar-refractivity contribution in [2.24, 2.45) is 5.92 Å². The smallest absolute Gasteiger partial charge is 0.307 e. The molecule has 0 amide bonds. The van der Waals surface area contributed by atoms with Gasteiger partial charge in [0.05, 0.1) is 16.6 Å². The number of nitrogens with zero attached hydrogens (tertiary/aromatic N) is 1. The van der Waals surface area contributed by atoms with E-state index in [1.54, 1.807) is 18.2 Å². The molecule has 1 aliphatic rings. The zero-order chi connectivity index (χ0) is 15.6. The zero-order valence-corrected chi connectivity index (χ0v) is 13.1. The molecule has 1 aromatic rings. The van der Waals surface area contributed by atoms with E-state index in [1.807, 2.05) is 6.92 Å². The molecule has 0 saturated carbocycles. The van der Waals surface area contributed by atoms with Crippen molar-refractivity contribution in [1.82, 2.24) is 4.31 Å². The molecule has 1 fully saturated rings. The summed E-state index contributed by atoms with van der Waals surface area (Å²) in [6.07, 6.45) is 1.02. The molecular weight excluding hydrogens is 316 g/mol. The third kappa shape index (κ3) is 3.87. The molecular formula is C13H17ClN2O4S. The molecule has 6 nitrogen and oxygen atoms in total. The maximum absolute atomic E-state index is 12.3. The number of aliphatic carboxylic acids is 1. The SMILES string of the molecule is Cc1ccc(NS(=O)(=O)N2CCCC(C(=O)O)C2)c(Cl)c1. The number of piperidine rings is 1. The number of hydrogen-bond acceptors (Lipinski definition) is 3. The Morgan fingerprint density at radius 1 is 1.48 bits per heavy atom. The molecule has 21 heavy (non-hydrogen) atoms. The lowest BCUT2D eigenvalue weighted by Crippen LogP contribution is -2.44. The average Bonchev–Trinajstić information content (AvgIpc) is 2.42. The predicted molar refractivity (Wildman–Crippen MR) is 80.7 cm³/mol. The van der Waals surface area contributed by atoms with Crippen LogP contribution in [0.4, 0.5) is 5.69 Å². The Labute approximate surface area is 128 Å². The lowest BCUT2D eigenvalue weighted by molar-refractivity contribution is -0.142. The summed E-state index contributed by atoms with van der Waals surface area (Å²) >= 11 is 6.01. The van der Waals surface area contributed by atoms with Crippen LogP contribution in [0.15, 0.2) is 18.2 Å². The quantitative estimate of drug-likeness (QED) is 0.884. The lowest BCUT2D eigenvalue weighted by atomic mass is 10.0. The van der Waals surface area contributed by atoms with Crippen molar-refractivity contribution in [3.05, 3.63) is 28.8 Å². The Hall–Kier alpha value is -1.31. The van der Waals surface area contributed by atoms with Gasteiger partial charge in [0.2, 0.25) is 0 Å². The fourth-order valence-electron chi connectivity index (χ4n) is 2.27. The van der Waals surface area contributed by atoms with Gasteiger partial charge in [-0.3, -0.25) is 9.52 Å². The molecule has 0 bridgehead atoms. The molecule has 1 unspecified atom stereocenters. The normalized spacial score (nSPS) is 20.2. The number of aryl methyl sites for hydroxylation is 1. The minimum absolute atomic E-state index is 0.0197.